The second kappa shape index (κ2) is 8.11. The number of nitrogens with one attached hydrogen (secondary N) is 1. The molecule has 0 unspecified atom stereocenters. The average Bonchev–Trinajstić information content (AvgIpc) is 3.11. The standard InChI is InChI=1S/C16H16N2O5S/c1-10(17-18-16(21)14-4-3-7-24-14)11-5-6-12(13(8-11)22-2)23-9-15(19)20/h3-8H,9H2,1-2H3,(H,18,21)(H,19,20)/p-1/b17-10-. The fourth-order valence-electron chi connectivity index (χ4n) is 1.81. The molecule has 0 radical (unpaired) electrons. The van der Waals surface area contributed by atoms with Crippen molar-refractivity contribution < 1.29 is 24.2 Å². The van der Waals surface area contributed by atoms with E-state index in [1.165, 1.54) is 18.4 Å². The molecule has 0 aliphatic rings. The fraction of sp³-hybridized carbons (Fsp3) is 0.188. The van der Waals surface area contributed by atoms with Crippen LogP contribution in [0, 0.1) is 0 Å². The fourth-order valence-corrected chi connectivity index (χ4v) is 2.42. The Bertz CT molecular complexity index is 756. The summed E-state index contributed by atoms with van der Waals surface area (Å²) in [4.78, 5) is 22.9. The number of methoxy groups -OCH3 is 1. The molecule has 1 aromatic carbocycles. The number of amides is 1. The van der Waals surface area contributed by atoms with Gasteiger partial charge >= 0.3 is 0 Å². The Morgan fingerprint density at radius 1 is 1.29 bits per heavy atom. The van der Waals surface area contributed by atoms with Gasteiger partial charge in [0.25, 0.3) is 5.91 Å². The number of ether oxygens (including phenoxy) is 2. The molecule has 0 atom stereocenters. The van der Waals surface area contributed by atoms with Crippen LogP contribution in [0.1, 0.15) is 22.2 Å². The quantitative estimate of drug-likeness (QED) is 0.596. The molecule has 8 heteroatoms. The largest absolute Gasteiger partial charge is 0.546 e. The van der Waals surface area contributed by atoms with Crippen LogP contribution in [0.5, 0.6) is 11.5 Å². The van der Waals surface area contributed by atoms with Gasteiger partial charge in [-0.2, -0.15) is 5.10 Å². The SMILES string of the molecule is COc1cc(/C(C)=N\NC(=O)c2cccs2)ccc1OCC(=O)[O-]. The number of thiophene rings is 1. The minimum absolute atomic E-state index is 0.279. The highest BCUT2D eigenvalue weighted by Gasteiger charge is 2.09. The van der Waals surface area contributed by atoms with E-state index in [1.54, 1.807) is 37.3 Å². The van der Waals surface area contributed by atoms with Gasteiger partial charge in [0, 0.05) is 5.56 Å². The van der Waals surface area contributed by atoms with Gasteiger partial charge < -0.3 is 19.4 Å². The number of hydrazone groups is 1. The molecule has 1 N–H and O–H groups in total. The highest BCUT2D eigenvalue weighted by molar-refractivity contribution is 7.12. The van der Waals surface area contributed by atoms with Crippen molar-refractivity contribution in [3.8, 4) is 11.5 Å². The van der Waals surface area contributed by atoms with Crippen LogP contribution in [0.15, 0.2) is 40.8 Å². The van der Waals surface area contributed by atoms with E-state index >= 15 is 0 Å². The molecular weight excluding hydrogens is 332 g/mol. The summed E-state index contributed by atoms with van der Waals surface area (Å²) in [7, 11) is 1.44. The van der Waals surface area contributed by atoms with Gasteiger partial charge in [-0.05, 0) is 36.6 Å². The molecule has 1 amide bonds. The van der Waals surface area contributed by atoms with E-state index in [-0.39, 0.29) is 11.7 Å². The highest BCUT2D eigenvalue weighted by Crippen LogP contribution is 2.28. The molecule has 0 saturated carbocycles. The summed E-state index contributed by atoms with van der Waals surface area (Å²) in [5, 5.41) is 16.3. The minimum atomic E-state index is -1.32. The van der Waals surface area contributed by atoms with Gasteiger partial charge in [-0.1, -0.05) is 6.07 Å². The predicted molar refractivity (Wildman–Crippen MR) is 87.5 cm³/mol. The Balaban J connectivity index is 2.11. The monoisotopic (exact) mass is 347 g/mol. The minimum Gasteiger partial charge on any atom is -0.546 e. The van der Waals surface area contributed by atoms with Gasteiger partial charge in [-0.3, -0.25) is 4.79 Å². The zero-order chi connectivity index (χ0) is 17.5. The molecule has 0 aliphatic carbocycles. The summed E-state index contributed by atoms with van der Waals surface area (Å²) >= 11 is 1.32. The first kappa shape index (κ1) is 17.5. The Morgan fingerprint density at radius 2 is 2.08 bits per heavy atom. The molecule has 0 saturated heterocycles. The Morgan fingerprint density at radius 3 is 2.71 bits per heavy atom. The lowest BCUT2D eigenvalue weighted by molar-refractivity contribution is -0.307. The zero-order valence-corrected chi connectivity index (χ0v) is 13.9. The number of hydrogen-bond donors (Lipinski definition) is 1. The summed E-state index contributed by atoms with van der Waals surface area (Å²) in [6.07, 6.45) is 0. The maximum atomic E-state index is 11.9. The van der Waals surface area contributed by atoms with Crippen LogP contribution in [-0.2, 0) is 4.79 Å². The molecule has 1 heterocycles. The van der Waals surface area contributed by atoms with Crippen molar-refractivity contribution in [2.45, 2.75) is 6.92 Å². The Labute approximate surface area is 142 Å². The summed E-state index contributed by atoms with van der Waals surface area (Å²) in [6.45, 7) is 1.16. The van der Waals surface area contributed by atoms with E-state index in [2.05, 4.69) is 10.5 Å². The van der Waals surface area contributed by atoms with Crippen molar-refractivity contribution in [2.75, 3.05) is 13.7 Å². The number of carbonyl (C=O) groups excluding carboxylic acids is 2. The van der Waals surface area contributed by atoms with Crippen molar-refractivity contribution in [1.29, 1.82) is 0 Å². The van der Waals surface area contributed by atoms with Crippen LogP contribution < -0.4 is 20.0 Å². The van der Waals surface area contributed by atoms with Crippen molar-refractivity contribution in [3.63, 3.8) is 0 Å². The predicted octanol–water partition coefficient (Wildman–Crippen LogP) is 1.04. The van der Waals surface area contributed by atoms with Gasteiger partial charge in [-0.15, -0.1) is 11.3 Å². The summed E-state index contributed by atoms with van der Waals surface area (Å²) in [5.74, 6) is -0.978. The number of hydrogen-bond acceptors (Lipinski definition) is 7. The molecule has 2 aromatic rings. The number of nitrogens with zero attached hydrogens (tertiary/aromatic N) is 1. The van der Waals surface area contributed by atoms with Crippen LogP contribution in [0.4, 0.5) is 0 Å². The van der Waals surface area contributed by atoms with E-state index in [1.807, 2.05) is 5.38 Å². The van der Waals surface area contributed by atoms with Crippen LogP contribution in [0.25, 0.3) is 0 Å². The van der Waals surface area contributed by atoms with E-state index in [9.17, 15) is 14.7 Å². The van der Waals surface area contributed by atoms with Gasteiger partial charge in [-0.25, -0.2) is 5.43 Å². The molecule has 2 rings (SSSR count). The van der Waals surface area contributed by atoms with E-state index < -0.39 is 12.6 Å². The van der Waals surface area contributed by atoms with Crippen LogP contribution in [0.3, 0.4) is 0 Å². The van der Waals surface area contributed by atoms with Crippen molar-refractivity contribution in [1.82, 2.24) is 5.43 Å². The molecule has 24 heavy (non-hydrogen) atoms. The number of benzene rings is 1. The van der Waals surface area contributed by atoms with Crippen molar-refractivity contribution >= 4 is 28.9 Å². The molecular formula is C16H15N2O5S-. The lowest BCUT2D eigenvalue weighted by Crippen LogP contribution is -2.29. The highest BCUT2D eigenvalue weighted by atomic mass is 32.1. The number of rotatable bonds is 7. The topological polar surface area (TPSA) is 100 Å². The molecule has 7 nitrogen and oxygen atoms in total. The van der Waals surface area contributed by atoms with E-state index in [4.69, 9.17) is 9.47 Å². The second-order valence-electron chi connectivity index (χ2n) is 4.64. The maximum Gasteiger partial charge on any atom is 0.281 e. The average molecular weight is 347 g/mol. The second-order valence-corrected chi connectivity index (χ2v) is 5.59. The third-order valence-corrected chi connectivity index (χ3v) is 3.87. The molecule has 126 valence electrons. The Kier molecular flexibility index (Phi) is 5.91. The summed E-state index contributed by atoms with van der Waals surface area (Å²) in [5.41, 5.74) is 3.73. The van der Waals surface area contributed by atoms with Crippen molar-refractivity contribution in [2.24, 2.45) is 5.10 Å². The smallest absolute Gasteiger partial charge is 0.281 e. The molecule has 0 spiro atoms. The first-order valence-electron chi connectivity index (χ1n) is 6.90. The Hall–Kier alpha value is -2.87. The molecule has 1 aromatic heterocycles. The van der Waals surface area contributed by atoms with Gasteiger partial charge in [0.1, 0.15) is 6.61 Å². The van der Waals surface area contributed by atoms with Gasteiger partial charge in [0.15, 0.2) is 11.5 Å². The third-order valence-electron chi connectivity index (χ3n) is 3.00. The first-order valence-corrected chi connectivity index (χ1v) is 7.78. The molecule has 0 bridgehead atoms. The maximum absolute atomic E-state index is 11.9. The lowest BCUT2D eigenvalue weighted by Gasteiger charge is -2.12. The summed E-state index contributed by atoms with van der Waals surface area (Å²) in [6, 6.07) is 8.38. The third kappa shape index (κ3) is 4.56. The number of carbonyl (C=O) groups is 2. The zero-order valence-electron chi connectivity index (χ0n) is 13.1. The molecule has 0 aliphatic heterocycles. The van der Waals surface area contributed by atoms with Crippen molar-refractivity contribution in [3.05, 3.63) is 46.2 Å². The van der Waals surface area contributed by atoms with Crippen LogP contribution in [0.2, 0.25) is 0 Å². The number of aliphatic carboxylic acids is 1. The lowest BCUT2D eigenvalue weighted by atomic mass is 10.1. The number of carboxylic acids is 1. The van der Waals surface area contributed by atoms with Crippen LogP contribution in [-0.4, -0.2) is 31.3 Å². The van der Waals surface area contributed by atoms with Gasteiger partial charge in [0.2, 0.25) is 0 Å². The van der Waals surface area contributed by atoms with Gasteiger partial charge in [0.05, 0.1) is 23.7 Å². The van der Waals surface area contributed by atoms with E-state index in [0.717, 1.165) is 0 Å². The van der Waals surface area contributed by atoms with Crippen LogP contribution >= 0.6 is 11.3 Å². The number of carboxylic acid groups (broad SMARTS) is 1. The normalized spacial score (nSPS) is 11.0. The van der Waals surface area contributed by atoms with E-state index in [0.29, 0.717) is 21.9 Å². The first-order chi connectivity index (χ1) is 11.5. The molecule has 0 fully saturated rings. The summed E-state index contributed by atoms with van der Waals surface area (Å²) < 4.78 is 10.3.